The van der Waals surface area contributed by atoms with E-state index in [4.69, 9.17) is 10.5 Å². The van der Waals surface area contributed by atoms with Gasteiger partial charge in [0.2, 0.25) is 5.91 Å². The second kappa shape index (κ2) is 12.4. The molecule has 0 unspecified atom stereocenters. The maximum atomic E-state index is 17.1. The van der Waals surface area contributed by atoms with Crippen LogP contribution in [0.15, 0.2) is 18.2 Å². The number of carbonyl (C=O) groups is 1. The summed E-state index contributed by atoms with van der Waals surface area (Å²) in [7, 11) is 0. The fourth-order valence-electron chi connectivity index (χ4n) is 7.96. The van der Waals surface area contributed by atoms with Crippen LogP contribution in [0.2, 0.25) is 0 Å². The minimum Gasteiger partial charge on any atom is -0.461 e. The molecule has 2 aromatic carbocycles. The van der Waals surface area contributed by atoms with Crippen LogP contribution < -0.4 is 15.4 Å². The van der Waals surface area contributed by atoms with Crippen molar-refractivity contribution in [1.82, 2.24) is 19.8 Å². The highest BCUT2D eigenvalue weighted by Gasteiger charge is 2.49. The highest BCUT2D eigenvalue weighted by molar-refractivity contribution is 7.23. The fourth-order valence-corrected chi connectivity index (χ4v) is 8.91. The standard InChI is InChI=1S/C34H33F6N7O2S/c1-3-45-15-18(10-24(45)48)47(4-2)31-20-11-22(34(38,39)40)26(19-6-7-23(36)29-25(19)21(13-41)30(42)50-29)27(37)28(20)43-32(44-31)49-16-33-8-5-9-46(33)14-17(35)12-33/h6-7,11,17-18H,3-5,8-10,12,14-16,42H2,1-2H3/t17-,18+,33+/m1/s1. The number of likely N-dealkylation sites (N-methyl/N-ethyl adjacent to an activating group) is 2. The summed E-state index contributed by atoms with van der Waals surface area (Å²) in [6.45, 7) is 5.38. The molecular weight excluding hydrogens is 684 g/mol. The van der Waals surface area contributed by atoms with Gasteiger partial charge in [0.05, 0.1) is 27.4 Å². The van der Waals surface area contributed by atoms with Crippen molar-refractivity contribution in [2.45, 2.75) is 63.5 Å². The topological polar surface area (TPSA) is 112 Å². The van der Waals surface area contributed by atoms with E-state index < -0.39 is 52.2 Å². The zero-order chi connectivity index (χ0) is 35.7. The summed E-state index contributed by atoms with van der Waals surface area (Å²) in [6, 6.07) is 3.65. The van der Waals surface area contributed by atoms with Gasteiger partial charge in [-0.05, 0) is 50.9 Å². The van der Waals surface area contributed by atoms with Crippen LogP contribution in [0.3, 0.4) is 0 Å². The number of halogens is 6. The van der Waals surface area contributed by atoms with E-state index >= 15 is 17.6 Å². The number of amides is 1. The summed E-state index contributed by atoms with van der Waals surface area (Å²) >= 11 is 0.677. The predicted octanol–water partition coefficient (Wildman–Crippen LogP) is 6.66. The number of ether oxygens (including phenoxy) is 1. The number of aromatic nitrogens is 2. The lowest BCUT2D eigenvalue weighted by molar-refractivity contribution is -0.137. The Bertz CT molecular complexity index is 2070. The molecule has 3 atom stereocenters. The third-order valence-electron chi connectivity index (χ3n) is 10.3. The van der Waals surface area contributed by atoms with Gasteiger partial charge in [0.1, 0.15) is 41.0 Å². The number of rotatable bonds is 8. The summed E-state index contributed by atoms with van der Waals surface area (Å²) < 4.78 is 97.5. The molecule has 50 heavy (non-hydrogen) atoms. The molecule has 3 aliphatic rings. The molecule has 4 aromatic rings. The molecule has 3 saturated heterocycles. The molecule has 0 radical (unpaired) electrons. The van der Waals surface area contributed by atoms with E-state index in [2.05, 4.69) is 9.97 Å². The molecule has 0 aliphatic carbocycles. The van der Waals surface area contributed by atoms with Gasteiger partial charge in [0.25, 0.3) is 0 Å². The zero-order valence-electron chi connectivity index (χ0n) is 27.2. The van der Waals surface area contributed by atoms with Crippen LogP contribution in [0.4, 0.5) is 37.2 Å². The number of hydrogen-bond acceptors (Lipinski definition) is 9. The van der Waals surface area contributed by atoms with Crippen LogP contribution in [0, 0.1) is 23.0 Å². The van der Waals surface area contributed by atoms with Crippen molar-refractivity contribution >= 4 is 49.1 Å². The van der Waals surface area contributed by atoms with Crippen LogP contribution in [-0.4, -0.2) is 82.8 Å². The molecule has 0 bridgehead atoms. The van der Waals surface area contributed by atoms with Crippen molar-refractivity contribution in [3.63, 3.8) is 0 Å². The first-order valence-corrected chi connectivity index (χ1v) is 17.2. The molecule has 7 rings (SSSR count). The Morgan fingerprint density at radius 1 is 1.22 bits per heavy atom. The van der Waals surface area contributed by atoms with E-state index in [-0.39, 0.29) is 88.4 Å². The van der Waals surface area contributed by atoms with E-state index in [1.807, 2.05) is 17.9 Å². The van der Waals surface area contributed by atoms with Gasteiger partial charge in [0, 0.05) is 55.4 Å². The molecule has 1 amide bonds. The number of thiophene rings is 1. The number of fused-ring (bicyclic) bond motifs is 3. The maximum Gasteiger partial charge on any atom is 0.417 e. The lowest BCUT2D eigenvalue weighted by Gasteiger charge is -2.32. The van der Waals surface area contributed by atoms with Gasteiger partial charge in [-0.1, -0.05) is 6.07 Å². The van der Waals surface area contributed by atoms with Crippen LogP contribution >= 0.6 is 11.3 Å². The maximum absolute atomic E-state index is 17.1. The number of likely N-dealkylation sites (tertiary alicyclic amines) is 1. The Labute approximate surface area is 287 Å². The van der Waals surface area contributed by atoms with Crippen molar-refractivity contribution in [2.75, 3.05) is 50.0 Å². The van der Waals surface area contributed by atoms with Crippen LogP contribution in [0.25, 0.3) is 32.1 Å². The monoisotopic (exact) mass is 717 g/mol. The second-order valence-corrected chi connectivity index (χ2v) is 14.1. The lowest BCUT2D eigenvalue weighted by Crippen LogP contribution is -2.43. The molecule has 2 aromatic heterocycles. The van der Waals surface area contributed by atoms with E-state index in [0.29, 0.717) is 30.8 Å². The van der Waals surface area contributed by atoms with Gasteiger partial charge in [-0.25, -0.2) is 13.2 Å². The van der Waals surface area contributed by atoms with Crippen LogP contribution in [0.1, 0.15) is 50.7 Å². The van der Waals surface area contributed by atoms with Gasteiger partial charge >= 0.3 is 12.2 Å². The van der Waals surface area contributed by atoms with Crippen LogP contribution in [0.5, 0.6) is 6.01 Å². The minimum absolute atomic E-state index is 0.0244. The highest BCUT2D eigenvalue weighted by atomic mass is 32.1. The Kier molecular flexibility index (Phi) is 8.49. The van der Waals surface area contributed by atoms with E-state index in [9.17, 15) is 18.8 Å². The van der Waals surface area contributed by atoms with Crippen molar-refractivity contribution in [3.05, 3.63) is 41.0 Å². The molecule has 3 fully saturated rings. The second-order valence-electron chi connectivity index (χ2n) is 13.0. The average molecular weight is 718 g/mol. The van der Waals surface area contributed by atoms with E-state index in [1.54, 1.807) is 16.7 Å². The summed E-state index contributed by atoms with van der Waals surface area (Å²) in [4.78, 5) is 26.9. The third-order valence-corrected chi connectivity index (χ3v) is 11.3. The summed E-state index contributed by atoms with van der Waals surface area (Å²) in [5.41, 5.74) is 1.84. The summed E-state index contributed by atoms with van der Waals surface area (Å²) in [5, 5.41) is 9.18. The van der Waals surface area contributed by atoms with Crippen molar-refractivity contribution in [2.24, 2.45) is 0 Å². The molecule has 264 valence electrons. The normalized spacial score (nSPS) is 22.5. The number of nitrogen functional groups attached to an aromatic ring is 1. The number of anilines is 2. The first kappa shape index (κ1) is 34.1. The average Bonchev–Trinajstić information content (AvgIpc) is 3.81. The molecule has 0 saturated carbocycles. The lowest BCUT2D eigenvalue weighted by atomic mass is 9.92. The molecule has 3 aliphatic heterocycles. The van der Waals surface area contributed by atoms with Gasteiger partial charge < -0.3 is 20.3 Å². The first-order chi connectivity index (χ1) is 23.8. The number of nitrogens with zero attached hydrogens (tertiary/aromatic N) is 6. The molecule has 0 spiro atoms. The fraction of sp³-hybridized carbons (Fsp3) is 0.471. The zero-order valence-corrected chi connectivity index (χ0v) is 28.0. The molecule has 5 heterocycles. The van der Waals surface area contributed by atoms with Gasteiger partial charge in [-0.3, -0.25) is 9.69 Å². The SMILES string of the molecule is CCN1C[C@@H](N(CC)c2nc(OC[C@@]34CCCN3C[C@H](F)C4)nc3c(F)c(-c4ccc(F)c5sc(N)c(C#N)c45)c(C(F)(F)F)cc23)CC1=O. The first-order valence-electron chi connectivity index (χ1n) is 16.4. The van der Waals surface area contributed by atoms with E-state index in [0.717, 1.165) is 24.6 Å². The van der Waals surface area contributed by atoms with Crippen molar-refractivity contribution in [3.8, 4) is 23.2 Å². The third kappa shape index (κ3) is 5.45. The van der Waals surface area contributed by atoms with Crippen molar-refractivity contribution < 1.29 is 35.9 Å². The largest absolute Gasteiger partial charge is 0.461 e. The number of hydrogen-bond donors (Lipinski definition) is 1. The minimum atomic E-state index is -5.12. The number of nitrogens with two attached hydrogens (primary N) is 1. The van der Waals surface area contributed by atoms with Crippen molar-refractivity contribution in [1.29, 1.82) is 5.26 Å². The Morgan fingerprint density at radius 3 is 2.68 bits per heavy atom. The Balaban J connectivity index is 1.47. The number of nitriles is 1. The predicted molar refractivity (Wildman–Crippen MR) is 177 cm³/mol. The van der Waals surface area contributed by atoms with Gasteiger partial charge in [-0.2, -0.15) is 28.4 Å². The van der Waals surface area contributed by atoms with Crippen LogP contribution in [-0.2, 0) is 11.0 Å². The summed E-state index contributed by atoms with van der Waals surface area (Å²) in [5.74, 6) is -2.41. The Morgan fingerprint density at radius 2 is 2.00 bits per heavy atom. The Hall–Kier alpha value is -4.36. The van der Waals surface area contributed by atoms with Gasteiger partial charge in [0.15, 0.2) is 5.82 Å². The quantitative estimate of drug-likeness (QED) is 0.202. The smallest absolute Gasteiger partial charge is 0.417 e. The van der Waals surface area contributed by atoms with E-state index in [1.165, 1.54) is 0 Å². The van der Waals surface area contributed by atoms with Gasteiger partial charge in [-0.15, -0.1) is 11.3 Å². The highest BCUT2D eigenvalue weighted by Crippen LogP contribution is 2.48. The number of alkyl halides is 4. The molecule has 9 nitrogen and oxygen atoms in total. The number of benzene rings is 2. The summed E-state index contributed by atoms with van der Waals surface area (Å²) in [6.07, 6.45) is -4.40. The molecule has 16 heteroatoms. The molecular formula is C34H33F6N7O2S. The molecule has 2 N–H and O–H groups in total. The number of carbonyl (C=O) groups excluding carboxylic acids is 1.